The highest BCUT2D eigenvalue weighted by Crippen LogP contribution is 2.11. The highest BCUT2D eigenvalue weighted by molar-refractivity contribution is 14.0. The fourth-order valence-electron chi connectivity index (χ4n) is 2.52. The van der Waals surface area contributed by atoms with Crippen molar-refractivity contribution in [2.24, 2.45) is 4.99 Å². The molecule has 2 rings (SSSR count). The van der Waals surface area contributed by atoms with E-state index in [-0.39, 0.29) is 29.7 Å². The first-order valence-electron chi connectivity index (χ1n) is 8.64. The van der Waals surface area contributed by atoms with Crippen LogP contribution in [-0.4, -0.2) is 45.7 Å². The van der Waals surface area contributed by atoms with Gasteiger partial charge in [0.05, 0.1) is 12.3 Å². The Hall–Kier alpha value is -1.13. The van der Waals surface area contributed by atoms with E-state index in [1.807, 2.05) is 31.3 Å². The Kier molecular flexibility index (Phi) is 10.3. The summed E-state index contributed by atoms with van der Waals surface area (Å²) in [6.45, 7) is 4.34. The Morgan fingerprint density at radius 3 is 2.41 bits per heavy atom. The van der Waals surface area contributed by atoms with Gasteiger partial charge in [0.15, 0.2) is 15.8 Å². The van der Waals surface area contributed by atoms with Gasteiger partial charge in [-0.15, -0.1) is 35.3 Å². The molecule has 2 aromatic rings. The maximum Gasteiger partial charge on any atom is 0.193 e. The summed E-state index contributed by atoms with van der Waals surface area (Å²) in [6.07, 6.45) is 2.25. The molecule has 0 aliphatic heterocycles. The van der Waals surface area contributed by atoms with Crippen LogP contribution in [0.4, 0.5) is 0 Å². The Morgan fingerprint density at radius 2 is 1.85 bits per heavy atom. The van der Waals surface area contributed by atoms with Crippen molar-refractivity contribution in [2.45, 2.75) is 25.6 Å². The van der Waals surface area contributed by atoms with E-state index in [1.165, 1.54) is 11.1 Å². The molecule has 8 heteroatoms. The van der Waals surface area contributed by atoms with Crippen LogP contribution in [0.2, 0.25) is 0 Å². The molecule has 1 heterocycles. The van der Waals surface area contributed by atoms with Gasteiger partial charge < -0.3 is 10.2 Å². The maximum atomic E-state index is 11.4. The summed E-state index contributed by atoms with van der Waals surface area (Å²) in [5, 5.41) is 5.42. The standard InChI is InChI=1S/C19H27N3O2S2.HI/c1-4-20-19(22(2)12-11-18-6-5-13-25-18)21-14-16-7-9-17(10-8-16)15-26(3,23)24;/h5-10,13H,4,11-12,14-15H2,1-3H3,(H,20,21);1H. The molecule has 0 saturated carbocycles. The minimum atomic E-state index is -3.00. The molecule has 150 valence electrons. The first-order chi connectivity index (χ1) is 12.4. The van der Waals surface area contributed by atoms with Crippen LogP contribution in [0.1, 0.15) is 22.9 Å². The van der Waals surface area contributed by atoms with Crippen LogP contribution >= 0.6 is 35.3 Å². The minimum Gasteiger partial charge on any atom is -0.357 e. The average Bonchev–Trinajstić information content (AvgIpc) is 3.10. The third-order valence-corrected chi connectivity index (χ3v) is 5.63. The number of likely N-dealkylation sites (N-methyl/N-ethyl adjacent to an activating group) is 1. The lowest BCUT2D eigenvalue weighted by Crippen LogP contribution is -2.39. The van der Waals surface area contributed by atoms with Crippen molar-refractivity contribution in [1.82, 2.24) is 10.2 Å². The van der Waals surface area contributed by atoms with Crippen molar-refractivity contribution < 1.29 is 8.42 Å². The fourth-order valence-corrected chi connectivity index (χ4v) is 4.01. The molecule has 1 aromatic carbocycles. The quantitative estimate of drug-likeness (QED) is 0.328. The molecule has 0 saturated heterocycles. The van der Waals surface area contributed by atoms with Crippen LogP contribution in [0, 0.1) is 0 Å². The largest absolute Gasteiger partial charge is 0.357 e. The molecule has 0 radical (unpaired) electrons. The van der Waals surface area contributed by atoms with Crippen LogP contribution in [0.25, 0.3) is 0 Å². The zero-order valence-corrected chi connectivity index (χ0v) is 20.0. The van der Waals surface area contributed by atoms with E-state index in [4.69, 9.17) is 4.99 Å². The maximum absolute atomic E-state index is 11.4. The van der Waals surface area contributed by atoms with Crippen molar-refractivity contribution in [3.05, 3.63) is 57.8 Å². The topological polar surface area (TPSA) is 61.8 Å². The van der Waals surface area contributed by atoms with Gasteiger partial charge in [-0.25, -0.2) is 13.4 Å². The molecule has 1 N–H and O–H groups in total. The summed E-state index contributed by atoms with van der Waals surface area (Å²) < 4.78 is 22.7. The molecule has 0 aliphatic rings. The van der Waals surface area contributed by atoms with Gasteiger partial charge in [0.1, 0.15) is 0 Å². The monoisotopic (exact) mass is 521 g/mol. The second kappa shape index (κ2) is 11.7. The first-order valence-corrected chi connectivity index (χ1v) is 11.6. The van der Waals surface area contributed by atoms with E-state index >= 15 is 0 Å². The smallest absolute Gasteiger partial charge is 0.193 e. The van der Waals surface area contributed by atoms with Crippen molar-refractivity contribution in [3.63, 3.8) is 0 Å². The number of guanidine groups is 1. The number of hydrogen-bond acceptors (Lipinski definition) is 4. The predicted octanol–water partition coefficient (Wildman–Crippen LogP) is 3.55. The number of sulfone groups is 1. The summed E-state index contributed by atoms with van der Waals surface area (Å²) in [6, 6.07) is 11.8. The summed E-state index contributed by atoms with van der Waals surface area (Å²) in [4.78, 5) is 8.21. The lowest BCUT2D eigenvalue weighted by molar-refractivity contribution is 0.486. The Morgan fingerprint density at radius 1 is 1.19 bits per heavy atom. The molecule has 5 nitrogen and oxygen atoms in total. The normalized spacial score (nSPS) is 11.7. The zero-order chi connectivity index (χ0) is 19.0. The number of halogens is 1. The Balaban J connectivity index is 0.00000364. The van der Waals surface area contributed by atoms with E-state index in [0.717, 1.165) is 36.6 Å². The second-order valence-electron chi connectivity index (χ2n) is 6.31. The van der Waals surface area contributed by atoms with Gasteiger partial charge >= 0.3 is 0 Å². The third-order valence-electron chi connectivity index (χ3n) is 3.83. The zero-order valence-electron chi connectivity index (χ0n) is 16.0. The number of benzene rings is 1. The molecular formula is C19H28IN3O2S2. The molecule has 0 amide bonds. The van der Waals surface area contributed by atoms with Gasteiger partial charge in [0.2, 0.25) is 0 Å². The number of nitrogens with zero attached hydrogens (tertiary/aromatic N) is 2. The summed E-state index contributed by atoms with van der Waals surface area (Å²) in [7, 11) is -0.957. The van der Waals surface area contributed by atoms with E-state index in [9.17, 15) is 8.42 Å². The number of nitrogens with one attached hydrogen (secondary N) is 1. The van der Waals surface area contributed by atoms with Gasteiger partial charge in [-0.05, 0) is 35.9 Å². The van der Waals surface area contributed by atoms with Crippen LogP contribution in [0.15, 0.2) is 46.8 Å². The third kappa shape index (κ3) is 9.07. The number of rotatable bonds is 8. The van der Waals surface area contributed by atoms with E-state index < -0.39 is 9.84 Å². The summed E-state index contributed by atoms with van der Waals surface area (Å²) in [5.74, 6) is 0.953. The number of thiophene rings is 1. The molecule has 0 atom stereocenters. The van der Waals surface area contributed by atoms with Crippen LogP contribution in [0.3, 0.4) is 0 Å². The minimum absolute atomic E-state index is 0. The van der Waals surface area contributed by atoms with Crippen LogP contribution < -0.4 is 5.32 Å². The molecule has 27 heavy (non-hydrogen) atoms. The first kappa shape index (κ1) is 23.9. The molecule has 0 fully saturated rings. The van der Waals surface area contributed by atoms with E-state index in [1.54, 1.807) is 11.3 Å². The van der Waals surface area contributed by atoms with Gasteiger partial charge in [0.25, 0.3) is 0 Å². The van der Waals surface area contributed by atoms with Gasteiger partial charge in [-0.1, -0.05) is 30.3 Å². The van der Waals surface area contributed by atoms with Gasteiger partial charge in [-0.3, -0.25) is 0 Å². The molecule has 0 bridgehead atoms. The second-order valence-corrected chi connectivity index (χ2v) is 9.48. The Bertz CT molecular complexity index is 804. The molecule has 0 unspecified atom stereocenters. The van der Waals surface area contributed by atoms with Crippen molar-refractivity contribution in [2.75, 3.05) is 26.4 Å². The summed E-state index contributed by atoms with van der Waals surface area (Å²) >= 11 is 1.78. The van der Waals surface area contributed by atoms with Crippen molar-refractivity contribution in [3.8, 4) is 0 Å². The molecule has 1 aromatic heterocycles. The van der Waals surface area contributed by atoms with E-state index in [2.05, 4.69) is 34.7 Å². The predicted molar refractivity (Wildman–Crippen MR) is 126 cm³/mol. The van der Waals surface area contributed by atoms with Crippen molar-refractivity contribution >= 4 is 51.1 Å². The highest BCUT2D eigenvalue weighted by atomic mass is 127. The lowest BCUT2D eigenvalue weighted by Gasteiger charge is -2.21. The van der Waals surface area contributed by atoms with Crippen LogP contribution in [0.5, 0.6) is 0 Å². The SMILES string of the molecule is CCNC(=NCc1ccc(CS(C)(=O)=O)cc1)N(C)CCc1cccs1.I. The lowest BCUT2D eigenvalue weighted by atomic mass is 10.1. The molecular weight excluding hydrogens is 493 g/mol. The average molecular weight is 521 g/mol. The van der Waals surface area contributed by atoms with E-state index in [0.29, 0.717) is 6.54 Å². The molecule has 0 aliphatic carbocycles. The van der Waals surface area contributed by atoms with Crippen molar-refractivity contribution in [1.29, 1.82) is 0 Å². The van der Waals surface area contributed by atoms with Crippen LogP contribution in [-0.2, 0) is 28.6 Å². The van der Waals surface area contributed by atoms with Gasteiger partial charge in [-0.2, -0.15) is 0 Å². The van der Waals surface area contributed by atoms with Gasteiger partial charge in [0, 0.05) is 31.3 Å². The molecule has 0 spiro atoms. The Labute approximate surface area is 183 Å². The number of hydrogen-bond donors (Lipinski definition) is 1. The number of aliphatic imine (C=N–C) groups is 1. The summed E-state index contributed by atoms with van der Waals surface area (Å²) in [5.41, 5.74) is 1.87. The highest BCUT2D eigenvalue weighted by Gasteiger charge is 2.07. The fraction of sp³-hybridized carbons (Fsp3) is 0.421.